The lowest BCUT2D eigenvalue weighted by Gasteiger charge is -2.22. The van der Waals surface area contributed by atoms with Crippen LogP contribution in [0.25, 0.3) is 0 Å². The summed E-state index contributed by atoms with van der Waals surface area (Å²) in [6.45, 7) is 1.91. The van der Waals surface area contributed by atoms with E-state index >= 15 is 0 Å². The molecule has 18 heavy (non-hydrogen) atoms. The topological polar surface area (TPSA) is 26.0 Å². The van der Waals surface area contributed by atoms with Crippen LogP contribution in [0.2, 0.25) is 0 Å². The van der Waals surface area contributed by atoms with Gasteiger partial charge in [0.2, 0.25) is 0 Å². The van der Waals surface area contributed by atoms with Crippen LogP contribution in [0.5, 0.6) is 0 Å². The standard InChI is InChI=1S/C15H22FNS/c1-11-7-12(9-13(16)8-11)15(17)10-18-14-5-3-2-4-6-14/h7-9,14-15H,2-6,10,17H2,1H3. The van der Waals surface area contributed by atoms with Crippen molar-refractivity contribution >= 4 is 11.8 Å². The Hall–Kier alpha value is -0.540. The Bertz CT molecular complexity index is 368. The Morgan fingerprint density at radius 1 is 1.28 bits per heavy atom. The van der Waals surface area contributed by atoms with Crippen LogP contribution >= 0.6 is 11.8 Å². The molecule has 1 aliphatic carbocycles. The molecular formula is C15H22FNS. The van der Waals surface area contributed by atoms with Gasteiger partial charge in [-0.05, 0) is 43.0 Å². The SMILES string of the molecule is Cc1cc(F)cc(C(N)CSC2CCCCC2)c1. The quantitative estimate of drug-likeness (QED) is 0.884. The number of thioether (sulfide) groups is 1. The van der Waals surface area contributed by atoms with Gasteiger partial charge in [-0.3, -0.25) is 0 Å². The Balaban J connectivity index is 1.88. The summed E-state index contributed by atoms with van der Waals surface area (Å²) in [5, 5.41) is 0.763. The molecule has 0 spiro atoms. The number of benzene rings is 1. The van der Waals surface area contributed by atoms with Crippen LogP contribution in [0.3, 0.4) is 0 Å². The van der Waals surface area contributed by atoms with Gasteiger partial charge in [0.15, 0.2) is 0 Å². The normalized spacial score (nSPS) is 18.8. The third-order valence-corrected chi connectivity index (χ3v) is 5.05. The maximum absolute atomic E-state index is 13.3. The first-order valence-corrected chi connectivity index (χ1v) is 7.84. The molecule has 0 heterocycles. The minimum Gasteiger partial charge on any atom is -0.323 e. The number of halogens is 1. The van der Waals surface area contributed by atoms with Gasteiger partial charge in [-0.1, -0.05) is 25.3 Å². The van der Waals surface area contributed by atoms with Gasteiger partial charge in [-0.2, -0.15) is 11.8 Å². The first-order valence-electron chi connectivity index (χ1n) is 6.79. The zero-order valence-electron chi connectivity index (χ0n) is 11.0. The summed E-state index contributed by atoms with van der Waals surface area (Å²) in [7, 11) is 0. The van der Waals surface area contributed by atoms with E-state index in [0.717, 1.165) is 22.1 Å². The van der Waals surface area contributed by atoms with Gasteiger partial charge in [-0.15, -0.1) is 0 Å². The molecule has 1 atom stereocenters. The van der Waals surface area contributed by atoms with Crippen molar-refractivity contribution in [1.82, 2.24) is 0 Å². The lowest BCUT2D eigenvalue weighted by molar-refractivity contribution is 0.515. The first kappa shape index (κ1) is 13.9. The van der Waals surface area contributed by atoms with Crippen LogP contribution in [0.4, 0.5) is 4.39 Å². The van der Waals surface area contributed by atoms with Crippen molar-refractivity contribution in [1.29, 1.82) is 0 Å². The van der Waals surface area contributed by atoms with Crippen LogP contribution in [0.15, 0.2) is 18.2 Å². The summed E-state index contributed by atoms with van der Waals surface area (Å²) >= 11 is 1.96. The van der Waals surface area contributed by atoms with E-state index in [0.29, 0.717) is 0 Å². The summed E-state index contributed by atoms with van der Waals surface area (Å²) in [5.41, 5.74) is 8.04. The molecule has 0 bridgehead atoms. The zero-order valence-corrected chi connectivity index (χ0v) is 11.8. The van der Waals surface area contributed by atoms with E-state index in [2.05, 4.69) is 0 Å². The maximum atomic E-state index is 13.3. The smallest absolute Gasteiger partial charge is 0.123 e. The fourth-order valence-corrected chi connectivity index (χ4v) is 3.89. The van der Waals surface area contributed by atoms with Crippen molar-refractivity contribution in [2.24, 2.45) is 5.73 Å². The molecule has 1 aromatic carbocycles. The minimum atomic E-state index is -0.178. The molecule has 0 amide bonds. The molecule has 1 aromatic rings. The van der Waals surface area contributed by atoms with E-state index in [1.165, 1.54) is 32.1 Å². The van der Waals surface area contributed by atoms with Crippen molar-refractivity contribution in [2.75, 3.05) is 5.75 Å². The monoisotopic (exact) mass is 267 g/mol. The maximum Gasteiger partial charge on any atom is 0.123 e. The predicted octanol–water partition coefficient (Wildman–Crippen LogP) is 4.20. The summed E-state index contributed by atoms with van der Waals surface area (Å²) in [5.74, 6) is 0.719. The van der Waals surface area contributed by atoms with Crippen LogP contribution in [0, 0.1) is 12.7 Å². The highest BCUT2D eigenvalue weighted by molar-refractivity contribution is 7.99. The van der Waals surface area contributed by atoms with Crippen molar-refractivity contribution in [2.45, 2.75) is 50.3 Å². The van der Waals surface area contributed by atoms with Crippen molar-refractivity contribution in [3.63, 3.8) is 0 Å². The van der Waals surface area contributed by atoms with E-state index in [4.69, 9.17) is 5.73 Å². The average molecular weight is 267 g/mol. The number of nitrogens with two attached hydrogens (primary N) is 1. The highest BCUT2D eigenvalue weighted by Crippen LogP contribution is 2.30. The van der Waals surface area contributed by atoms with Crippen LogP contribution in [-0.2, 0) is 0 Å². The van der Waals surface area contributed by atoms with Crippen LogP contribution in [0.1, 0.15) is 49.3 Å². The fourth-order valence-electron chi connectivity index (χ4n) is 2.55. The second kappa shape index (κ2) is 6.58. The molecular weight excluding hydrogens is 245 g/mol. The number of hydrogen-bond acceptors (Lipinski definition) is 2. The van der Waals surface area contributed by atoms with Crippen molar-refractivity contribution in [3.8, 4) is 0 Å². The van der Waals surface area contributed by atoms with Crippen LogP contribution < -0.4 is 5.73 Å². The molecule has 0 aliphatic heterocycles. The number of rotatable bonds is 4. The summed E-state index contributed by atoms with van der Waals surface area (Å²) in [6.07, 6.45) is 6.73. The zero-order chi connectivity index (χ0) is 13.0. The molecule has 2 rings (SSSR count). The highest BCUT2D eigenvalue weighted by atomic mass is 32.2. The predicted molar refractivity (Wildman–Crippen MR) is 77.4 cm³/mol. The molecule has 2 N–H and O–H groups in total. The highest BCUT2D eigenvalue weighted by Gasteiger charge is 2.16. The largest absolute Gasteiger partial charge is 0.323 e. The summed E-state index contributed by atoms with van der Waals surface area (Å²) in [6, 6.07) is 5.06. The minimum absolute atomic E-state index is 0.0497. The van der Waals surface area contributed by atoms with Gasteiger partial charge < -0.3 is 5.73 Å². The first-order chi connectivity index (χ1) is 8.65. The van der Waals surface area contributed by atoms with E-state index in [1.54, 1.807) is 12.1 Å². The van der Waals surface area contributed by atoms with Gasteiger partial charge in [0.1, 0.15) is 5.82 Å². The van der Waals surface area contributed by atoms with E-state index in [1.807, 2.05) is 24.8 Å². The summed E-state index contributed by atoms with van der Waals surface area (Å²) in [4.78, 5) is 0. The second-order valence-corrected chi connectivity index (χ2v) is 6.60. The lowest BCUT2D eigenvalue weighted by Crippen LogP contribution is -2.17. The molecule has 0 radical (unpaired) electrons. The van der Waals surface area contributed by atoms with E-state index in [-0.39, 0.29) is 11.9 Å². The fraction of sp³-hybridized carbons (Fsp3) is 0.600. The van der Waals surface area contributed by atoms with Crippen molar-refractivity contribution in [3.05, 3.63) is 35.1 Å². The second-order valence-electron chi connectivity index (χ2n) is 5.26. The number of hydrogen-bond donors (Lipinski definition) is 1. The van der Waals surface area contributed by atoms with Crippen LogP contribution in [-0.4, -0.2) is 11.0 Å². The van der Waals surface area contributed by atoms with Gasteiger partial charge >= 0.3 is 0 Å². The lowest BCUT2D eigenvalue weighted by atomic mass is 10.0. The molecule has 0 aromatic heterocycles. The van der Waals surface area contributed by atoms with E-state index < -0.39 is 0 Å². The Labute approximate surface area is 113 Å². The molecule has 100 valence electrons. The summed E-state index contributed by atoms with van der Waals surface area (Å²) < 4.78 is 13.3. The Morgan fingerprint density at radius 3 is 2.67 bits per heavy atom. The Kier molecular flexibility index (Phi) is 5.07. The van der Waals surface area contributed by atoms with Gasteiger partial charge in [-0.25, -0.2) is 4.39 Å². The molecule has 1 nitrogen and oxygen atoms in total. The van der Waals surface area contributed by atoms with Gasteiger partial charge in [0.05, 0.1) is 0 Å². The third kappa shape index (κ3) is 3.99. The average Bonchev–Trinajstić information content (AvgIpc) is 2.36. The van der Waals surface area contributed by atoms with Gasteiger partial charge in [0.25, 0.3) is 0 Å². The van der Waals surface area contributed by atoms with Crippen molar-refractivity contribution < 1.29 is 4.39 Å². The third-order valence-electron chi connectivity index (χ3n) is 3.56. The molecule has 3 heteroatoms. The molecule has 1 fully saturated rings. The molecule has 0 saturated heterocycles. The van der Waals surface area contributed by atoms with Gasteiger partial charge in [0, 0.05) is 17.0 Å². The Morgan fingerprint density at radius 2 is 2.00 bits per heavy atom. The molecule has 1 saturated carbocycles. The number of aryl methyl sites for hydroxylation is 1. The van der Waals surface area contributed by atoms with E-state index in [9.17, 15) is 4.39 Å². The molecule has 1 unspecified atom stereocenters. The molecule has 1 aliphatic rings.